The third kappa shape index (κ3) is 4.63. The van der Waals surface area contributed by atoms with Crippen molar-refractivity contribution in [2.45, 2.75) is 5.41 Å². The highest BCUT2D eigenvalue weighted by Gasteiger charge is 2.47. The fraction of sp³-hybridized carbons (Fsp3) is 0.0196. The Morgan fingerprint density at radius 3 is 1.56 bits per heavy atom. The van der Waals surface area contributed by atoms with E-state index in [1.165, 1.54) is 66.1 Å². The van der Waals surface area contributed by atoms with Crippen molar-refractivity contribution in [3.8, 4) is 22.3 Å². The summed E-state index contributed by atoms with van der Waals surface area (Å²) >= 11 is 0. The molecule has 1 nitrogen and oxygen atoms in total. The van der Waals surface area contributed by atoms with Gasteiger partial charge in [-0.1, -0.05) is 170 Å². The van der Waals surface area contributed by atoms with Gasteiger partial charge in [0.1, 0.15) is 0 Å². The van der Waals surface area contributed by atoms with Gasteiger partial charge in [-0.15, -0.1) is 0 Å². The van der Waals surface area contributed by atoms with Gasteiger partial charge < -0.3 is 4.90 Å². The van der Waals surface area contributed by atoms with Crippen molar-refractivity contribution in [1.82, 2.24) is 0 Å². The van der Waals surface area contributed by atoms with Crippen LogP contribution >= 0.6 is 0 Å². The summed E-state index contributed by atoms with van der Waals surface area (Å²) < 4.78 is 0. The van der Waals surface area contributed by atoms with E-state index in [1.807, 2.05) is 0 Å². The van der Waals surface area contributed by atoms with Crippen LogP contribution in [0.5, 0.6) is 0 Å². The minimum Gasteiger partial charge on any atom is -0.310 e. The van der Waals surface area contributed by atoms with Gasteiger partial charge in [0, 0.05) is 17.1 Å². The van der Waals surface area contributed by atoms with E-state index < -0.39 is 5.41 Å². The third-order valence-corrected chi connectivity index (χ3v) is 10.9. The molecule has 1 heteroatoms. The molecule has 9 aromatic carbocycles. The van der Waals surface area contributed by atoms with Crippen molar-refractivity contribution in [2.75, 3.05) is 4.90 Å². The van der Waals surface area contributed by atoms with Crippen LogP contribution in [0.15, 0.2) is 212 Å². The number of hydrogen-bond donors (Lipinski definition) is 0. The number of benzene rings is 9. The summed E-state index contributed by atoms with van der Waals surface area (Å²) in [4.78, 5) is 2.40. The van der Waals surface area contributed by atoms with Crippen molar-refractivity contribution in [3.05, 3.63) is 235 Å². The molecular weight excluding hydrogens is 627 g/mol. The molecule has 0 unspecified atom stereocenters. The highest BCUT2D eigenvalue weighted by atomic mass is 15.1. The number of anilines is 3. The largest absolute Gasteiger partial charge is 0.310 e. The van der Waals surface area contributed by atoms with Gasteiger partial charge in [-0.05, 0) is 109 Å². The predicted octanol–water partition coefficient (Wildman–Crippen LogP) is 13.5. The van der Waals surface area contributed by atoms with Gasteiger partial charge in [-0.2, -0.15) is 0 Å². The normalized spacial score (nSPS) is 12.8. The first-order valence-electron chi connectivity index (χ1n) is 18.0. The van der Waals surface area contributed by atoms with Crippen molar-refractivity contribution < 1.29 is 0 Å². The topological polar surface area (TPSA) is 3.24 Å². The maximum Gasteiger partial charge on any atom is 0.0719 e. The highest BCUT2D eigenvalue weighted by molar-refractivity contribution is 6.08. The van der Waals surface area contributed by atoms with Gasteiger partial charge in [0.25, 0.3) is 0 Å². The summed E-state index contributed by atoms with van der Waals surface area (Å²) in [5, 5.41) is 4.99. The maximum atomic E-state index is 2.46. The molecule has 0 fully saturated rings. The Balaban J connectivity index is 1.32. The third-order valence-electron chi connectivity index (χ3n) is 10.9. The lowest BCUT2D eigenvalue weighted by Gasteiger charge is -2.35. The molecule has 1 aliphatic carbocycles. The zero-order chi connectivity index (χ0) is 34.5. The fourth-order valence-electron chi connectivity index (χ4n) is 8.69. The molecule has 1 aliphatic rings. The van der Waals surface area contributed by atoms with E-state index in [0.717, 1.165) is 17.1 Å². The smallest absolute Gasteiger partial charge is 0.0719 e. The Morgan fingerprint density at radius 1 is 0.327 bits per heavy atom. The van der Waals surface area contributed by atoms with Crippen LogP contribution in [0, 0.1) is 0 Å². The van der Waals surface area contributed by atoms with Crippen LogP contribution < -0.4 is 4.90 Å². The first-order valence-corrected chi connectivity index (χ1v) is 18.0. The van der Waals surface area contributed by atoms with E-state index in [1.54, 1.807) is 0 Å². The van der Waals surface area contributed by atoms with Crippen LogP contribution in [-0.2, 0) is 5.41 Å². The second-order valence-corrected chi connectivity index (χ2v) is 13.7. The van der Waals surface area contributed by atoms with Gasteiger partial charge >= 0.3 is 0 Å². The van der Waals surface area contributed by atoms with Crippen LogP contribution in [0.1, 0.15) is 22.3 Å². The number of nitrogens with zero attached hydrogens (tertiary/aromatic N) is 1. The first kappa shape index (κ1) is 30.2. The Bertz CT molecular complexity index is 2680. The minimum atomic E-state index is -0.527. The maximum absolute atomic E-state index is 2.46. The van der Waals surface area contributed by atoms with E-state index >= 15 is 0 Å². The van der Waals surface area contributed by atoms with Gasteiger partial charge in [-0.3, -0.25) is 0 Å². The summed E-state index contributed by atoms with van der Waals surface area (Å²) in [5.74, 6) is 0. The molecule has 10 rings (SSSR count). The Hall–Kier alpha value is -6.70. The lowest BCUT2D eigenvalue weighted by atomic mass is 9.66. The molecule has 0 aromatic heterocycles. The minimum absolute atomic E-state index is 0.527. The molecule has 0 aliphatic heterocycles. The molecule has 9 aromatic rings. The number of rotatable bonds is 6. The van der Waals surface area contributed by atoms with Crippen molar-refractivity contribution in [2.24, 2.45) is 0 Å². The van der Waals surface area contributed by atoms with Gasteiger partial charge in [0.2, 0.25) is 0 Å². The fourth-order valence-corrected chi connectivity index (χ4v) is 8.69. The first-order chi connectivity index (χ1) is 25.8. The molecule has 0 saturated heterocycles. The van der Waals surface area contributed by atoms with Crippen molar-refractivity contribution in [1.29, 1.82) is 0 Å². The molecule has 0 atom stereocenters. The van der Waals surface area contributed by atoms with E-state index in [4.69, 9.17) is 0 Å². The zero-order valence-electron chi connectivity index (χ0n) is 28.7. The Kier molecular flexibility index (Phi) is 7.11. The standard InChI is InChI=1S/C51H35N/c1-5-18-37(19-6-1)46-35-48-47-34-43(52(41-25-11-4-12-26-41)42-30-29-36-17-13-14-20-38(36)33-42)31-32-49(47)51(39-21-7-2-8-22-39,40-23-9-3-10-24-40)50(48)45-28-16-15-27-44(45)46/h1-35H. The van der Waals surface area contributed by atoms with E-state index in [0.29, 0.717) is 0 Å². The number of hydrogen-bond acceptors (Lipinski definition) is 1. The van der Waals surface area contributed by atoms with Crippen LogP contribution in [0.2, 0.25) is 0 Å². The van der Waals surface area contributed by atoms with Crippen LogP contribution in [0.25, 0.3) is 43.8 Å². The average Bonchev–Trinajstić information content (AvgIpc) is 3.52. The summed E-state index contributed by atoms with van der Waals surface area (Å²) in [6.07, 6.45) is 0. The van der Waals surface area contributed by atoms with Crippen LogP contribution in [0.3, 0.4) is 0 Å². The molecule has 0 heterocycles. The molecule has 0 amide bonds. The Morgan fingerprint density at radius 2 is 0.865 bits per heavy atom. The van der Waals surface area contributed by atoms with Crippen molar-refractivity contribution >= 4 is 38.6 Å². The van der Waals surface area contributed by atoms with Crippen molar-refractivity contribution in [3.63, 3.8) is 0 Å². The van der Waals surface area contributed by atoms with E-state index in [9.17, 15) is 0 Å². The average molecular weight is 662 g/mol. The molecule has 52 heavy (non-hydrogen) atoms. The lowest BCUT2D eigenvalue weighted by molar-refractivity contribution is 0.775. The molecule has 0 saturated carbocycles. The van der Waals surface area contributed by atoms with Crippen LogP contribution in [-0.4, -0.2) is 0 Å². The molecule has 0 N–H and O–H groups in total. The second kappa shape index (κ2) is 12.3. The predicted molar refractivity (Wildman–Crippen MR) is 219 cm³/mol. The highest BCUT2D eigenvalue weighted by Crippen LogP contribution is 2.60. The van der Waals surface area contributed by atoms with E-state index in [2.05, 4.69) is 217 Å². The number of fused-ring (bicyclic) bond motifs is 6. The summed E-state index contributed by atoms with van der Waals surface area (Å²) in [6.45, 7) is 0. The quantitative estimate of drug-likeness (QED) is 0.171. The zero-order valence-corrected chi connectivity index (χ0v) is 28.7. The molecule has 0 spiro atoms. The number of para-hydroxylation sites is 1. The molecular formula is C51H35N. The molecule has 0 radical (unpaired) electrons. The monoisotopic (exact) mass is 661 g/mol. The summed E-state index contributed by atoms with van der Waals surface area (Å²) in [6, 6.07) is 77.9. The Labute approximate surface area is 304 Å². The summed E-state index contributed by atoms with van der Waals surface area (Å²) in [5.41, 5.74) is 13.0. The second-order valence-electron chi connectivity index (χ2n) is 13.7. The summed E-state index contributed by atoms with van der Waals surface area (Å²) in [7, 11) is 0. The van der Waals surface area contributed by atoms with Gasteiger partial charge in [0.15, 0.2) is 0 Å². The molecule has 0 bridgehead atoms. The SMILES string of the molecule is c1ccc(-c2cc3c(c4ccccc24)C(c2ccccc2)(c2ccccc2)c2ccc(N(c4ccccc4)c4ccc5ccccc5c4)cc2-3)cc1. The lowest BCUT2D eigenvalue weighted by Crippen LogP contribution is -2.29. The van der Waals surface area contributed by atoms with Crippen LogP contribution in [0.4, 0.5) is 17.1 Å². The van der Waals surface area contributed by atoms with E-state index in [-0.39, 0.29) is 0 Å². The molecule has 244 valence electrons. The van der Waals surface area contributed by atoms with Gasteiger partial charge in [-0.25, -0.2) is 0 Å². The van der Waals surface area contributed by atoms with Gasteiger partial charge in [0.05, 0.1) is 5.41 Å².